The molecule has 6 heteroatoms. The van der Waals surface area contributed by atoms with Crippen LogP contribution < -0.4 is 5.32 Å². The van der Waals surface area contributed by atoms with Crippen LogP contribution in [-0.2, 0) is 6.54 Å². The van der Waals surface area contributed by atoms with Crippen LogP contribution in [0.2, 0.25) is 0 Å². The number of nitrogens with one attached hydrogen (secondary N) is 1. The molecule has 0 spiro atoms. The number of rotatable bonds is 2. The molecule has 3 heterocycles. The van der Waals surface area contributed by atoms with E-state index >= 15 is 0 Å². The number of hydrogen-bond donors (Lipinski definition) is 2. The summed E-state index contributed by atoms with van der Waals surface area (Å²) in [7, 11) is 0. The van der Waals surface area contributed by atoms with Crippen molar-refractivity contribution in [2.75, 3.05) is 17.8 Å². The molecule has 18 heavy (non-hydrogen) atoms. The number of aliphatic hydroxyl groups is 1. The SMILES string of the molecule is Cc1ncc2c(n1)N[C@@]1(C)[C@H](CCO)SCN1C2. The van der Waals surface area contributed by atoms with Crippen molar-refractivity contribution in [2.45, 2.75) is 37.7 Å². The standard InChI is InChI=1S/C12H18N4OS/c1-8-13-5-9-6-16-7-18-10(3-4-17)12(16,2)15-11(9)14-8/h5,10,17H,3-4,6-7H2,1-2H3,(H,13,14,15)/t10-,12+/m0/s1. The van der Waals surface area contributed by atoms with Crippen molar-refractivity contribution in [1.82, 2.24) is 14.9 Å². The molecular formula is C12H18N4OS. The molecule has 0 aromatic carbocycles. The van der Waals surface area contributed by atoms with Crippen LogP contribution in [0.25, 0.3) is 0 Å². The zero-order valence-electron chi connectivity index (χ0n) is 10.7. The number of anilines is 1. The topological polar surface area (TPSA) is 61.3 Å². The first-order valence-electron chi connectivity index (χ1n) is 6.21. The maximum Gasteiger partial charge on any atom is 0.135 e. The zero-order chi connectivity index (χ0) is 12.8. The second-order valence-corrected chi connectivity index (χ2v) is 6.22. The van der Waals surface area contributed by atoms with Crippen molar-refractivity contribution >= 4 is 17.6 Å². The Bertz CT molecular complexity index is 469. The zero-order valence-corrected chi connectivity index (χ0v) is 11.5. The molecule has 2 atom stereocenters. The Morgan fingerprint density at radius 3 is 3.28 bits per heavy atom. The Morgan fingerprint density at radius 2 is 2.50 bits per heavy atom. The highest BCUT2D eigenvalue weighted by molar-refractivity contribution is 8.00. The van der Waals surface area contributed by atoms with E-state index in [4.69, 9.17) is 0 Å². The van der Waals surface area contributed by atoms with Crippen molar-refractivity contribution in [3.05, 3.63) is 17.6 Å². The third-order valence-electron chi connectivity index (χ3n) is 3.82. The molecule has 2 N–H and O–H groups in total. The molecule has 0 saturated carbocycles. The van der Waals surface area contributed by atoms with Gasteiger partial charge in [-0.1, -0.05) is 0 Å². The van der Waals surface area contributed by atoms with E-state index in [1.54, 1.807) is 0 Å². The molecule has 1 aromatic rings. The molecule has 0 aliphatic carbocycles. The van der Waals surface area contributed by atoms with Crippen molar-refractivity contribution in [3.8, 4) is 0 Å². The lowest BCUT2D eigenvalue weighted by molar-refractivity contribution is 0.140. The fourth-order valence-electron chi connectivity index (χ4n) is 2.70. The molecule has 98 valence electrons. The quantitative estimate of drug-likeness (QED) is 0.838. The first kappa shape index (κ1) is 12.2. The summed E-state index contributed by atoms with van der Waals surface area (Å²) >= 11 is 1.90. The van der Waals surface area contributed by atoms with E-state index in [-0.39, 0.29) is 12.3 Å². The first-order chi connectivity index (χ1) is 8.63. The third-order valence-corrected chi connectivity index (χ3v) is 5.38. The Labute approximate surface area is 111 Å². The van der Waals surface area contributed by atoms with Gasteiger partial charge in [0.15, 0.2) is 0 Å². The summed E-state index contributed by atoms with van der Waals surface area (Å²) in [6.45, 7) is 5.23. The minimum atomic E-state index is -0.110. The van der Waals surface area contributed by atoms with Crippen LogP contribution in [0.3, 0.4) is 0 Å². The van der Waals surface area contributed by atoms with E-state index in [2.05, 4.69) is 27.1 Å². The van der Waals surface area contributed by atoms with Crippen LogP contribution in [0.5, 0.6) is 0 Å². The van der Waals surface area contributed by atoms with Gasteiger partial charge in [-0.15, -0.1) is 11.8 Å². The molecule has 3 rings (SSSR count). The molecule has 2 aliphatic heterocycles. The molecule has 1 aromatic heterocycles. The van der Waals surface area contributed by atoms with E-state index in [1.807, 2.05) is 24.9 Å². The lowest BCUT2D eigenvalue weighted by atomic mass is 10.00. The predicted molar refractivity (Wildman–Crippen MR) is 72.3 cm³/mol. The van der Waals surface area contributed by atoms with Crippen LogP contribution >= 0.6 is 11.8 Å². The Morgan fingerprint density at radius 1 is 1.67 bits per heavy atom. The highest BCUT2D eigenvalue weighted by Gasteiger charge is 2.48. The summed E-state index contributed by atoms with van der Waals surface area (Å²) in [5, 5.41) is 13.1. The number of aromatic nitrogens is 2. The largest absolute Gasteiger partial charge is 0.396 e. The van der Waals surface area contributed by atoms with Gasteiger partial charge in [0.1, 0.15) is 17.3 Å². The van der Waals surface area contributed by atoms with Crippen LogP contribution in [0.15, 0.2) is 6.20 Å². The third kappa shape index (κ3) is 1.79. The van der Waals surface area contributed by atoms with Gasteiger partial charge in [-0.2, -0.15) is 0 Å². The highest BCUT2D eigenvalue weighted by Crippen LogP contribution is 2.44. The van der Waals surface area contributed by atoms with E-state index in [0.29, 0.717) is 5.25 Å². The van der Waals surface area contributed by atoms with Crippen LogP contribution in [0, 0.1) is 6.92 Å². The summed E-state index contributed by atoms with van der Waals surface area (Å²) in [6.07, 6.45) is 2.72. The monoisotopic (exact) mass is 266 g/mol. The Kier molecular flexibility index (Phi) is 2.96. The number of nitrogens with zero attached hydrogens (tertiary/aromatic N) is 3. The predicted octanol–water partition coefficient (Wildman–Crippen LogP) is 1.18. The van der Waals surface area contributed by atoms with Gasteiger partial charge in [0.25, 0.3) is 0 Å². The number of fused-ring (bicyclic) bond motifs is 2. The van der Waals surface area contributed by atoms with Gasteiger partial charge in [-0.05, 0) is 20.3 Å². The summed E-state index contributed by atoms with van der Waals surface area (Å²) in [6, 6.07) is 0. The summed E-state index contributed by atoms with van der Waals surface area (Å²) in [5.41, 5.74) is 1.05. The molecule has 1 fully saturated rings. The average molecular weight is 266 g/mol. The fraction of sp³-hybridized carbons (Fsp3) is 0.667. The normalized spacial score (nSPS) is 30.7. The molecule has 5 nitrogen and oxygen atoms in total. The second-order valence-electron chi connectivity index (χ2n) is 5.06. The Hall–Kier alpha value is -0.850. The highest BCUT2D eigenvalue weighted by atomic mass is 32.2. The summed E-state index contributed by atoms with van der Waals surface area (Å²) < 4.78 is 0. The van der Waals surface area contributed by atoms with E-state index in [9.17, 15) is 5.11 Å². The molecule has 0 radical (unpaired) electrons. The maximum atomic E-state index is 9.19. The lowest BCUT2D eigenvalue weighted by Crippen LogP contribution is -2.56. The molecule has 1 saturated heterocycles. The second kappa shape index (κ2) is 4.36. The number of aliphatic hydroxyl groups excluding tert-OH is 1. The maximum absolute atomic E-state index is 9.19. The number of aryl methyl sites for hydroxylation is 1. The van der Waals surface area contributed by atoms with Crippen molar-refractivity contribution in [2.24, 2.45) is 0 Å². The van der Waals surface area contributed by atoms with E-state index < -0.39 is 0 Å². The minimum Gasteiger partial charge on any atom is -0.396 e. The van der Waals surface area contributed by atoms with Gasteiger partial charge in [0.05, 0.1) is 0 Å². The van der Waals surface area contributed by atoms with Crippen molar-refractivity contribution < 1.29 is 5.11 Å². The number of thioether (sulfide) groups is 1. The van der Waals surface area contributed by atoms with Gasteiger partial charge < -0.3 is 10.4 Å². The van der Waals surface area contributed by atoms with Crippen molar-refractivity contribution in [3.63, 3.8) is 0 Å². The Balaban J connectivity index is 1.93. The van der Waals surface area contributed by atoms with Crippen LogP contribution in [0.1, 0.15) is 24.7 Å². The smallest absolute Gasteiger partial charge is 0.135 e. The molecule has 2 aliphatic rings. The van der Waals surface area contributed by atoms with Gasteiger partial charge in [-0.25, -0.2) is 9.97 Å². The fourth-order valence-corrected chi connectivity index (χ4v) is 4.22. The molecule has 0 amide bonds. The summed E-state index contributed by atoms with van der Waals surface area (Å²) in [4.78, 5) is 11.2. The lowest BCUT2D eigenvalue weighted by Gasteiger charge is -2.43. The van der Waals surface area contributed by atoms with E-state index in [0.717, 1.165) is 36.0 Å². The van der Waals surface area contributed by atoms with E-state index in [1.165, 1.54) is 0 Å². The van der Waals surface area contributed by atoms with Gasteiger partial charge >= 0.3 is 0 Å². The summed E-state index contributed by atoms with van der Waals surface area (Å²) in [5.74, 6) is 2.73. The first-order valence-corrected chi connectivity index (χ1v) is 7.26. The minimum absolute atomic E-state index is 0.110. The average Bonchev–Trinajstić information content (AvgIpc) is 2.64. The van der Waals surface area contributed by atoms with Gasteiger partial charge in [0, 0.05) is 36.0 Å². The number of hydrogen-bond acceptors (Lipinski definition) is 6. The molecular weight excluding hydrogens is 248 g/mol. The molecule has 0 bridgehead atoms. The van der Waals surface area contributed by atoms with Crippen LogP contribution in [0.4, 0.5) is 5.82 Å². The van der Waals surface area contributed by atoms with Crippen LogP contribution in [-0.4, -0.2) is 43.4 Å². The van der Waals surface area contributed by atoms with Gasteiger partial charge in [0.2, 0.25) is 0 Å². The van der Waals surface area contributed by atoms with Gasteiger partial charge in [-0.3, -0.25) is 4.90 Å². The van der Waals surface area contributed by atoms with Crippen molar-refractivity contribution in [1.29, 1.82) is 0 Å². The molecule has 0 unspecified atom stereocenters.